The summed E-state index contributed by atoms with van der Waals surface area (Å²) in [5.74, 6) is -0.984. The summed E-state index contributed by atoms with van der Waals surface area (Å²) in [4.78, 5) is -1.95. The van der Waals surface area contributed by atoms with E-state index in [9.17, 15) is 44.0 Å². The zero-order valence-corrected chi connectivity index (χ0v) is 28.6. The first-order valence-corrected chi connectivity index (χ1v) is 13.7. The van der Waals surface area contributed by atoms with Crippen LogP contribution in [0.15, 0.2) is 85.6 Å². The fraction of sp³-hybridized carbons (Fsp3) is 0. The number of azo groups is 1. The third-order valence-electron chi connectivity index (χ3n) is 4.99. The molecule has 0 unspecified atom stereocenters. The van der Waals surface area contributed by atoms with E-state index < -0.39 is 51.6 Å². The van der Waals surface area contributed by atoms with Crippen molar-refractivity contribution in [3.8, 4) is 5.75 Å². The maximum atomic E-state index is 11.8. The topological polar surface area (TPSA) is 208 Å². The summed E-state index contributed by atoms with van der Waals surface area (Å²) in [6.45, 7) is 0. The Labute approximate surface area is 288 Å². The Bertz CT molecular complexity index is 1910. The van der Waals surface area contributed by atoms with Crippen molar-refractivity contribution in [3.05, 3.63) is 60.7 Å². The van der Waals surface area contributed by atoms with E-state index in [4.69, 9.17) is 0 Å². The average Bonchev–Trinajstić information content (AvgIpc) is 2.75. The van der Waals surface area contributed by atoms with Crippen LogP contribution in [0.4, 0.5) is 11.4 Å². The maximum absolute atomic E-state index is 11.8. The molecule has 0 fully saturated rings. The first kappa shape index (κ1) is 35.6. The van der Waals surface area contributed by atoms with Gasteiger partial charge in [-0.25, -0.2) is 0 Å². The third-order valence-corrected chi connectivity index (χ3v) is 7.62. The van der Waals surface area contributed by atoms with Gasteiger partial charge in [0.1, 0.15) is 15.5 Å². The minimum atomic E-state index is -4.99. The van der Waals surface area contributed by atoms with E-state index in [0.29, 0.717) is 0 Å². The summed E-state index contributed by atoms with van der Waals surface area (Å²) < 4.78 is 98.2. The minimum Gasteiger partial charge on any atom is -1.00 e. The Kier molecular flexibility index (Phi) is 12.2. The molecule has 0 radical (unpaired) electrons. The van der Waals surface area contributed by atoms with Crippen LogP contribution in [0.5, 0.6) is 5.75 Å². The van der Waals surface area contributed by atoms with Gasteiger partial charge in [0.25, 0.3) is 30.4 Å². The summed E-state index contributed by atoms with van der Waals surface area (Å²) in [5.41, 5.74) is -0.382. The Morgan fingerprint density at radius 1 is 0.605 bits per heavy atom. The zero-order valence-electron chi connectivity index (χ0n) is 23.1. The maximum Gasteiger partial charge on any atom is 1.00 e. The van der Waals surface area contributed by atoms with Gasteiger partial charge in [-0.15, -0.1) is 10.2 Å². The zero-order chi connectivity index (χ0) is 25.8. The number of fused-ring (bicyclic) bond motifs is 2. The van der Waals surface area contributed by atoms with Crippen molar-refractivity contribution in [1.82, 2.24) is 0 Å². The standard InChI is InChI=1S/C20H14N2O10S3.3Na.3H/c23-20-18(35(30,31)32)10-11-9-12(33(24,25)26)5-6-13(11)19(20)22-21-16-7-8-17(34(27,28)29)15-4-2-1-3-14(15)16;;;;;;/h1-10,23H,(H,24,25,26)(H,27,28,29)(H,30,31,32);;;;;;/q;3*+1;3*-1. The monoisotopic (exact) mass is 610 g/mol. The second-order valence-electron chi connectivity index (χ2n) is 7.21. The van der Waals surface area contributed by atoms with Crippen LogP contribution in [0, 0.1) is 0 Å². The van der Waals surface area contributed by atoms with Gasteiger partial charge in [0, 0.05) is 16.2 Å². The predicted molar refractivity (Wildman–Crippen MR) is 127 cm³/mol. The number of rotatable bonds is 5. The molecule has 0 aromatic heterocycles. The first-order chi connectivity index (χ1) is 16.2. The van der Waals surface area contributed by atoms with E-state index in [-0.39, 0.29) is 125 Å². The predicted octanol–water partition coefficient (Wildman–Crippen LogP) is -4.80. The largest absolute Gasteiger partial charge is 1.00 e. The van der Waals surface area contributed by atoms with Gasteiger partial charge in [-0.2, -0.15) is 25.3 Å². The van der Waals surface area contributed by atoms with Crippen LogP contribution in [0.1, 0.15) is 4.28 Å². The normalized spacial score (nSPS) is 12.1. The van der Waals surface area contributed by atoms with Crippen LogP contribution in [0.2, 0.25) is 0 Å². The van der Waals surface area contributed by atoms with Gasteiger partial charge in [-0.05, 0) is 35.7 Å². The van der Waals surface area contributed by atoms with Crippen molar-refractivity contribution >= 4 is 63.3 Å². The quantitative estimate of drug-likeness (QED) is 0.0963. The second-order valence-corrected chi connectivity index (χ2v) is 11.4. The van der Waals surface area contributed by atoms with Crippen molar-refractivity contribution in [2.24, 2.45) is 10.2 Å². The number of nitrogens with zero attached hydrogens (tertiary/aromatic N) is 2. The molecule has 0 heterocycles. The van der Waals surface area contributed by atoms with Crippen molar-refractivity contribution in [3.63, 3.8) is 0 Å². The molecule has 0 aliphatic rings. The molecular weight excluding hydrogens is 593 g/mol. The average molecular weight is 611 g/mol. The molecule has 4 N–H and O–H groups in total. The third kappa shape index (κ3) is 7.43. The van der Waals surface area contributed by atoms with Crippen LogP contribution in [0.3, 0.4) is 0 Å². The Morgan fingerprint density at radius 2 is 1.18 bits per heavy atom. The van der Waals surface area contributed by atoms with Crippen molar-refractivity contribution in [2.45, 2.75) is 14.7 Å². The van der Waals surface area contributed by atoms with E-state index in [1.165, 1.54) is 24.3 Å². The van der Waals surface area contributed by atoms with Crippen molar-refractivity contribution in [1.29, 1.82) is 0 Å². The van der Waals surface area contributed by atoms with Crippen molar-refractivity contribution in [2.75, 3.05) is 0 Å². The molecule has 0 aliphatic heterocycles. The molecular formula is C20H17N2Na3O10S3. The molecule has 0 spiro atoms. The minimum absolute atomic E-state index is 0. The van der Waals surface area contributed by atoms with Gasteiger partial charge in [-0.1, -0.05) is 30.3 Å². The number of phenolic OH excluding ortho intramolecular Hbond substituents is 1. The number of hydrogen-bond acceptors (Lipinski definition) is 9. The molecule has 0 bridgehead atoms. The van der Waals surface area contributed by atoms with Crippen LogP contribution in [-0.2, 0) is 30.4 Å². The molecule has 4 aromatic rings. The molecule has 38 heavy (non-hydrogen) atoms. The van der Waals surface area contributed by atoms with Crippen LogP contribution in [0.25, 0.3) is 21.5 Å². The van der Waals surface area contributed by atoms with Gasteiger partial charge in [0.2, 0.25) is 0 Å². The second kappa shape index (κ2) is 13.0. The molecule has 12 nitrogen and oxygen atoms in total. The fourth-order valence-electron chi connectivity index (χ4n) is 3.46. The van der Waals surface area contributed by atoms with Crippen molar-refractivity contribution < 1.29 is 137 Å². The van der Waals surface area contributed by atoms with E-state index in [1.54, 1.807) is 6.07 Å². The van der Waals surface area contributed by atoms with Crippen LogP contribution in [-0.4, -0.2) is 44.0 Å². The molecule has 0 amide bonds. The van der Waals surface area contributed by atoms with Crippen LogP contribution >= 0.6 is 0 Å². The van der Waals surface area contributed by atoms with Gasteiger partial charge >= 0.3 is 88.7 Å². The molecule has 4 aromatic carbocycles. The van der Waals surface area contributed by atoms with E-state index in [2.05, 4.69) is 10.2 Å². The number of benzene rings is 4. The Balaban J connectivity index is -0.00000241. The van der Waals surface area contributed by atoms with Gasteiger partial charge in [0.05, 0.1) is 10.6 Å². The summed E-state index contributed by atoms with van der Waals surface area (Å²) in [6.07, 6.45) is 0. The molecule has 0 saturated heterocycles. The molecule has 0 saturated carbocycles. The van der Waals surface area contributed by atoms with Crippen LogP contribution < -0.4 is 88.7 Å². The van der Waals surface area contributed by atoms with Gasteiger partial charge in [-0.3, -0.25) is 13.7 Å². The molecule has 0 aliphatic carbocycles. The smallest absolute Gasteiger partial charge is 1.00 e. The molecule has 18 heteroatoms. The summed E-state index contributed by atoms with van der Waals surface area (Å²) in [7, 11) is -14.2. The van der Waals surface area contributed by atoms with E-state index in [1.807, 2.05) is 0 Å². The Hall–Kier alpha value is -0.470. The molecule has 4 rings (SSSR count). The number of phenols is 1. The summed E-state index contributed by atoms with van der Waals surface area (Å²) in [6, 6.07) is 12.1. The molecule has 0 atom stereocenters. The summed E-state index contributed by atoms with van der Waals surface area (Å²) in [5, 5.41) is 18.6. The molecule has 188 valence electrons. The fourth-order valence-corrected chi connectivity index (χ4v) is 5.29. The number of aromatic hydroxyl groups is 1. The van der Waals surface area contributed by atoms with Gasteiger partial charge < -0.3 is 9.39 Å². The van der Waals surface area contributed by atoms with E-state index in [0.717, 1.165) is 30.3 Å². The summed E-state index contributed by atoms with van der Waals surface area (Å²) >= 11 is 0. The van der Waals surface area contributed by atoms with Gasteiger partial charge in [0.15, 0.2) is 5.75 Å². The number of hydrogen-bond donors (Lipinski definition) is 4. The first-order valence-electron chi connectivity index (χ1n) is 9.33. The SMILES string of the molecule is O=S(=O)(O)c1ccc2c(N=Nc3ccc(S(=O)(=O)O)c4ccccc34)c(O)c(S(=O)(=O)O)cc2c1.[H-].[H-].[H-].[Na+].[Na+].[Na+]. The van der Waals surface area contributed by atoms with E-state index >= 15 is 0 Å². The Morgan fingerprint density at radius 3 is 1.74 bits per heavy atom.